The number of fused-ring (bicyclic) bond motifs is 22. The Kier molecular flexibility index (Phi) is 11.4. The summed E-state index contributed by atoms with van der Waals surface area (Å²) in [5, 5.41) is 9.16. The molecule has 6 nitrogen and oxygen atoms in total. The molecule has 478 valence electrons. The second kappa shape index (κ2) is 21.0. The van der Waals surface area contributed by atoms with Crippen molar-refractivity contribution in [1.29, 1.82) is 0 Å². The zero-order chi connectivity index (χ0) is 67.6. The van der Waals surface area contributed by atoms with Crippen molar-refractivity contribution in [1.82, 2.24) is 8.96 Å². The predicted octanol–water partition coefficient (Wildman–Crippen LogP) is 22.9. The summed E-state index contributed by atoms with van der Waals surface area (Å²) in [6.45, 7) is -0.432. The zero-order valence-electron chi connectivity index (χ0n) is 56.1. The van der Waals surface area contributed by atoms with Crippen LogP contribution in [0.4, 0.5) is 34.1 Å². The Morgan fingerprint density at radius 2 is 0.779 bits per heavy atom. The Bertz CT molecular complexity index is 7100. The molecule has 0 saturated heterocycles. The second-order valence-electron chi connectivity index (χ2n) is 28.4. The first-order valence-electron chi connectivity index (χ1n) is 36.0. The maximum Gasteiger partial charge on any atom is 0.333 e. The van der Waals surface area contributed by atoms with Crippen LogP contribution < -0.4 is 31.7 Å². The lowest BCUT2D eigenvalue weighted by molar-refractivity contribution is 0.670. The van der Waals surface area contributed by atoms with Crippen molar-refractivity contribution in [2.75, 3.05) is 9.80 Å². The van der Waals surface area contributed by atoms with Gasteiger partial charge in [-0.2, -0.15) is 0 Å². The average molecular weight is 1320 g/mol. The minimum atomic E-state index is -0.245. The van der Waals surface area contributed by atoms with E-state index in [1.54, 1.807) is 0 Å². The molecule has 0 saturated carbocycles. The van der Waals surface area contributed by atoms with Gasteiger partial charge in [-0.3, -0.25) is 0 Å². The number of hydrogen-bond acceptors (Lipinski definition) is 4. The molecule has 0 fully saturated rings. The molecule has 0 amide bonds. The van der Waals surface area contributed by atoms with Crippen LogP contribution in [0.15, 0.2) is 349 Å². The SMILES string of the molecule is c1ccc(-c2ccc3c(c2)c2cc(-c4ccccc4)cc4c2n3B2c3ccccc3N(c3ccccc3)c3cc5oc6c(-c7cc8c9ccc(-c%10ccccc%10)c%10c9n(c8cc7-c7ccccc7)B7c8ccccc8N(c8ccccc8)c8cc9c(oc%11ccccc%119)c-%10c87)cccc6c5c-4c32)cc1. The van der Waals surface area contributed by atoms with Crippen LogP contribution in [0.1, 0.15) is 0 Å². The predicted molar refractivity (Wildman–Crippen MR) is 435 cm³/mol. The van der Waals surface area contributed by atoms with Gasteiger partial charge in [0.05, 0.1) is 0 Å². The molecule has 0 bridgehead atoms. The largest absolute Gasteiger partial charge is 0.455 e. The Morgan fingerprint density at radius 1 is 0.240 bits per heavy atom. The van der Waals surface area contributed by atoms with Crippen molar-refractivity contribution in [2.45, 2.75) is 0 Å². The summed E-state index contributed by atoms with van der Waals surface area (Å²) in [6.07, 6.45) is 0. The fraction of sp³-hybridized carbons (Fsp3) is 0. The molecule has 104 heavy (non-hydrogen) atoms. The van der Waals surface area contributed by atoms with Gasteiger partial charge in [-0.05, 0) is 162 Å². The molecular weight excluding hydrogens is 1260 g/mol. The minimum Gasteiger partial charge on any atom is -0.455 e. The Labute approximate surface area is 598 Å². The van der Waals surface area contributed by atoms with Crippen LogP contribution in [0, 0.1) is 0 Å². The number of hydrogen-bond donors (Lipinski definition) is 0. The smallest absolute Gasteiger partial charge is 0.333 e. The third kappa shape index (κ3) is 7.54. The summed E-state index contributed by atoms with van der Waals surface area (Å²) in [5.41, 5.74) is 36.0. The van der Waals surface area contributed by atoms with Gasteiger partial charge < -0.3 is 27.6 Å². The first-order valence-corrected chi connectivity index (χ1v) is 36.0. The van der Waals surface area contributed by atoms with Gasteiger partial charge >= 0.3 is 13.7 Å². The van der Waals surface area contributed by atoms with E-state index < -0.39 is 0 Å². The van der Waals surface area contributed by atoms with Gasteiger partial charge in [0, 0.05) is 128 Å². The molecule has 16 aromatic carbocycles. The van der Waals surface area contributed by atoms with E-state index in [2.05, 4.69) is 358 Å². The number of aromatic nitrogens is 2. The van der Waals surface area contributed by atoms with Gasteiger partial charge in [0.1, 0.15) is 22.3 Å². The van der Waals surface area contributed by atoms with Gasteiger partial charge in [-0.1, -0.05) is 249 Å². The molecular formula is C96H56B2N4O2. The van der Waals surface area contributed by atoms with Crippen LogP contribution >= 0.6 is 0 Å². The molecule has 4 aliphatic heterocycles. The van der Waals surface area contributed by atoms with Crippen molar-refractivity contribution in [3.05, 3.63) is 340 Å². The molecule has 24 rings (SSSR count). The second-order valence-corrected chi connectivity index (χ2v) is 28.4. The molecule has 0 spiro atoms. The highest BCUT2D eigenvalue weighted by molar-refractivity contribution is 6.91. The third-order valence-corrected chi connectivity index (χ3v) is 23.2. The summed E-state index contributed by atoms with van der Waals surface area (Å²) in [4.78, 5) is 4.99. The zero-order valence-corrected chi connectivity index (χ0v) is 56.1. The van der Waals surface area contributed by atoms with Crippen LogP contribution in [-0.2, 0) is 0 Å². The minimum absolute atomic E-state index is 0.187. The number of anilines is 6. The molecule has 0 radical (unpaired) electrons. The van der Waals surface area contributed by atoms with Crippen LogP contribution in [0.2, 0.25) is 0 Å². The number of rotatable bonds is 7. The highest BCUT2D eigenvalue weighted by Crippen LogP contribution is 2.56. The average Bonchev–Trinajstić information content (AvgIpc) is 1.43. The maximum absolute atomic E-state index is 7.91. The molecule has 4 aromatic heterocycles. The van der Waals surface area contributed by atoms with E-state index in [-0.39, 0.29) is 13.7 Å². The molecule has 0 atom stereocenters. The third-order valence-electron chi connectivity index (χ3n) is 23.2. The van der Waals surface area contributed by atoms with Crippen LogP contribution in [0.5, 0.6) is 0 Å². The lowest BCUT2D eigenvalue weighted by Gasteiger charge is -2.40. The number of furan rings is 2. The van der Waals surface area contributed by atoms with Crippen molar-refractivity contribution >= 4 is 157 Å². The standard InChI is InChI=1S/C96H56B2N4O2/c1-7-26-57(27-8-1)61-46-49-79-72(50-61)74-51-62(58-28-9-2-10-29-58)52-76-88-87-69-40-25-39-68(95(69)104-86(87)56-84-91(88)97(101(79)93(74)76)77-41-20-23-44-81(77)100(84)64-36-17-6-18-37-64)71-53-73-67-48-47-65(59-30-11-3-12-31-59)89-90-92-83(55-75-66-38-19-24-45-85(66)103-96(75)90)99(63-34-15-5-16-35-63)80-43-22-21-42-78(80)98(92)102(94(67)89)82(73)54-70(71)60-32-13-4-14-33-60/h1-56H. The summed E-state index contributed by atoms with van der Waals surface area (Å²) in [6, 6.07) is 126. The number of para-hydroxylation sites is 6. The number of benzene rings is 16. The summed E-state index contributed by atoms with van der Waals surface area (Å²) in [5.74, 6) is 0. The quantitative estimate of drug-likeness (QED) is 0.149. The molecule has 8 heteroatoms. The van der Waals surface area contributed by atoms with E-state index in [9.17, 15) is 0 Å². The van der Waals surface area contributed by atoms with E-state index >= 15 is 0 Å². The van der Waals surface area contributed by atoms with Crippen molar-refractivity contribution < 1.29 is 8.83 Å². The maximum atomic E-state index is 7.91. The molecule has 0 unspecified atom stereocenters. The first kappa shape index (κ1) is 56.2. The molecule has 8 heterocycles. The topological polar surface area (TPSA) is 42.6 Å². The lowest BCUT2D eigenvalue weighted by atomic mass is 9.45. The Hall–Kier alpha value is -13.6. The van der Waals surface area contributed by atoms with Crippen LogP contribution in [0.25, 0.3) is 165 Å². The van der Waals surface area contributed by atoms with Crippen molar-refractivity contribution in [2.24, 2.45) is 0 Å². The fourth-order valence-corrected chi connectivity index (χ4v) is 19.0. The molecule has 0 N–H and O–H groups in total. The molecule has 4 aliphatic rings. The van der Waals surface area contributed by atoms with E-state index in [0.717, 1.165) is 128 Å². The van der Waals surface area contributed by atoms with E-state index in [0.29, 0.717) is 0 Å². The summed E-state index contributed by atoms with van der Waals surface area (Å²) in [7, 11) is 0. The number of nitrogens with zero attached hydrogens (tertiary/aromatic N) is 4. The molecule has 20 aromatic rings. The van der Waals surface area contributed by atoms with Gasteiger partial charge in [0.25, 0.3) is 0 Å². The van der Waals surface area contributed by atoms with E-state index in [1.165, 1.54) is 93.5 Å². The van der Waals surface area contributed by atoms with E-state index in [4.69, 9.17) is 8.83 Å². The van der Waals surface area contributed by atoms with Gasteiger partial charge in [0.15, 0.2) is 0 Å². The van der Waals surface area contributed by atoms with E-state index in [1.807, 2.05) is 0 Å². The lowest BCUT2D eigenvalue weighted by Crippen LogP contribution is -2.56. The Balaban J connectivity index is 0.826. The normalized spacial score (nSPS) is 13.1. The Morgan fingerprint density at radius 3 is 1.46 bits per heavy atom. The van der Waals surface area contributed by atoms with Crippen LogP contribution in [0.3, 0.4) is 0 Å². The van der Waals surface area contributed by atoms with Gasteiger partial charge in [0.2, 0.25) is 0 Å². The van der Waals surface area contributed by atoms with Crippen molar-refractivity contribution in [3.63, 3.8) is 0 Å². The summed E-state index contributed by atoms with van der Waals surface area (Å²) >= 11 is 0. The highest BCUT2D eigenvalue weighted by Gasteiger charge is 2.47. The summed E-state index contributed by atoms with van der Waals surface area (Å²) < 4.78 is 20.6. The fourth-order valence-electron chi connectivity index (χ4n) is 19.0. The first-order chi connectivity index (χ1) is 51.6. The van der Waals surface area contributed by atoms with Crippen LogP contribution in [-0.4, -0.2) is 22.7 Å². The highest BCUT2D eigenvalue weighted by atomic mass is 16.3. The van der Waals surface area contributed by atoms with Crippen molar-refractivity contribution in [3.8, 4) is 77.9 Å². The molecule has 0 aliphatic carbocycles. The van der Waals surface area contributed by atoms with Gasteiger partial charge in [-0.25, -0.2) is 0 Å². The monoisotopic (exact) mass is 1320 g/mol. The van der Waals surface area contributed by atoms with Gasteiger partial charge in [-0.15, -0.1) is 0 Å².